The highest BCUT2D eigenvalue weighted by atomic mass is 15.3. The van der Waals surface area contributed by atoms with E-state index in [0.717, 1.165) is 23.6 Å². The van der Waals surface area contributed by atoms with Gasteiger partial charge in [-0.1, -0.05) is 13.8 Å². The lowest BCUT2D eigenvalue weighted by Gasteiger charge is -2.01. The van der Waals surface area contributed by atoms with Crippen molar-refractivity contribution in [3.63, 3.8) is 0 Å². The van der Waals surface area contributed by atoms with E-state index in [1.54, 1.807) is 11.0 Å². The zero-order valence-corrected chi connectivity index (χ0v) is 9.88. The van der Waals surface area contributed by atoms with Crippen molar-refractivity contribution in [2.45, 2.75) is 27.2 Å². The molecule has 84 valence electrons. The van der Waals surface area contributed by atoms with Crippen LogP contribution in [-0.2, 0) is 6.42 Å². The van der Waals surface area contributed by atoms with Crippen LogP contribution in [0, 0.1) is 12.8 Å². The van der Waals surface area contributed by atoms with Crippen LogP contribution in [0.3, 0.4) is 0 Å². The summed E-state index contributed by atoms with van der Waals surface area (Å²) in [5, 5.41) is 4.49. The monoisotopic (exact) mass is 216 g/mol. The number of aryl methyl sites for hydroxylation is 1. The van der Waals surface area contributed by atoms with Crippen LogP contribution < -0.4 is 0 Å². The maximum Gasteiger partial charge on any atom is 0.156 e. The molecule has 4 heteroatoms. The van der Waals surface area contributed by atoms with Gasteiger partial charge in [0.25, 0.3) is 0 Å². The van der Waals surface area contributed by atoms with Gasteiger partial charge in [-0.05, 0) is 25.3 Å². The van der Waals surface area contributed by atoms with Crippen LogP contribution in [-0.4, -0.2) is 19.7 Å². The van der Waals surface area contributed by atoms with Gasteiger partial charge in [0, 0.05) is 18.0 Å². The van der Waals surface area contributed by atoms with Crippen molar-refractivity contribution >= 4 is 0 Å². The van der Waals surface area contributed by atoms with Gasteiger partial charge >= 0.3 is 0 Å². The molecule has 0 saturated carbocycles. The summed E-state index contributed by atoms with van der Waals surface area (Å²) in [5.41, 5.74) is 2.05. The van der Waals surface area contributed by atoms with Crippen molar-refractivity contribution in [2.75, 3.05) is 0 Å². The fraction of sp³-hybridized carbons (Fsp3) is 0.417. The van der Waals surface area contributed by atoms with Crippen molar-refractivity contribution < 1.29 is 0 Å². The molecule has 2 rings (SSSR count). The minimum atomic E-state index is 0.621. The molecule has 2 aromatic rings. The van der Waals surface area contributed by atoms with Crippen LogP contribution in [0.15, 0.2) is 24.7 Å². The van der Waals surface area contributed by atoms with Crippen molar-refractivity contribution in [1.29, 1.82) is 0 Å². The largest absolute Gasteiger partial charge is 0.242 e. The van der Waals surface area contributed by atoms with Gasteiger partial charge in [-0.2, -0.15) is 5.10 Å². The summed E-state index contributed by atoms with van der Waals surface area (Å²) >= 11 is 0. The fourth-order valence-corrected chi connectivity index (χ4v) is 1.58. The predicted octanol–water partition coefficient (Wildman–Crippen LogP) is 2.17. The molecule has 2 heterocycles. The summed E-state index contributed by atoms with van der Waals surface area (Å²) in [6, 6.07) is 3.96. The van der Waals surface area contributed by atoms with E-state index in [4.69, 9.17) is 0 Å². The maximum atomic E-state index is 4.49. The van der Waals surface area contributed by atoms with Gasteiger partial charge in [-0.25, -0.2) is 14.6 Å². The summed E-state index contributed by atoms with van der Waals surface area (Å²) in [5.74, 6) is 1.44. The molecule has 2 aromatic heterocycles. The second-order valence-electron chi connectivity index (χ2n) is 4.37. The Morgan fingerprint density at radius 1 is 1.31 bits per heavy atom. The molecular weight excluding hydrogens is 200 g/mol. The molecule has 16 heavy (non-hydrogen) atoms. The number of aromatic nitrogens is 4. The van der Waals surface area contributed by atoms with Crippen molar-refractivity contribution in [1.82, 2.24) is 19.7 Å². The molecule has 4 nitrogen and oxygen atoms in total. The third-order valence-electron chi connectivity index (χ3n) is 2.29. The normalized spacial score (nSPS) is 11.0. The smallest absolute Gasteiger partial charge is 0.156 e. The van der Waals surface area contributed by atoms with Gasteiger partial charge in [0.15, 0.2) is 5.82 Å². The average Bonchev–Trinajstić information content (AvgIpc) is 2.65. The Labute approximate surface area is 95.4 Å². The van der Waals surface area contributed by atoms with Gasteiger partial charge in [0.1, 0.15) is 6.33 Å². The second-order valence-corrected chi connectivity index (χ2v) is 4.37. The molecule has 0 bridgehead atoms. The predicted molar refractivity (Wildman–Crippen MR) is 62.4 cm³/mol. The van der Waals surface area contributed by atoms with E-state index < -0.39 is 0 Å². The van der Waals surface area contributed by atoms with Crippen molar-refractivity contribution in [3.8, 4) is 5.82 Å². The van der Waals surface area contributed by atoms with E-state index in [1.807, 2.05) is 25.3 Å². The highest BCUT2D eigenvalue weighted by molar-refractivity contribution is 5.22. The first-order chi connectivity index (χ1) is 7.65. The van der Waals surface area contributed by atoms with Crippen LogP contribution in [0.25, 0.3) is 5.82 Å². The van der Waals surface area contributed by atoms with Crippen LogP contribution >= 0.6 is 0 Å². The zero-order chi connectivity index (χ0) is 11.5. The first-order valence-electron chi connectivity index (χ1n) is 5.48. The molecule has 0 atom stereocenters. The Kier molecular flexibility index (Phi) is 2.99. The first-order valence-corrected chi connectivity index (χ1v) is 5.48. The van der Waals surface area contributed by atoms with E-state index >= 15 is 0 Å². The number of nitrogens with zero attached hydrogens (tertiary/aromatic N) is 4. The Balaban J connectivity index is 2.24. The van der Waals surface area contributed by atoms with Crippen LogP contribution in [0.1, 0.15) is 25.2 Å². The SMILES string of the molecule is Cc1cc(-n2ccc(CC(C)C)n2)ncn1. The Morgan fingerprint density at radius 2 is 2.12 bits per heavy atom. The molecule has 0 aliphatic heterocycles. The lowest BCUT2D eigenvalue weighted by Crippen LogP contribution is -2.01. The van der Waals surface area contributed by atoms with E-state index in [-0.39, 0.29) is 0 Å². The lowest BCUT2D eigenvalue weighted by atomic mass is 10.1. The molecule has 0 N–H and O–H groups in total. The Hall–Kier alpha value is -1.71. The molecule has 0 amide bonds. The van der Waals surface area contributed by atoms with Gasteiger partial charge in [0.05, 0.1) is 5.69 Å². The molecule has 0 aliphatic rings. The second kappa shape index (κ2) is 4.43. The Bertz CT molecular complexity index is 473. The third-order valence-corrected chi connectivity index (χ3v) is 2.29. The van der Waals surface area contributed by atoms with Crippen molar-refractivity contribution in [3.05, 3.63) is 36.0 Å². The van der Waals surface area contributed by atoms with E-state index in [2.05, 4.69) is 28.9 Å². The molecule has 0 radical (unpaired) electrons. The summed E-state index contributed by atoms with van der Waals surface area (Å²) in [6.45, 7) is 6.32. The highest BCUT2D eigenvalue weighted by Crippen LogP contribution is 2.08. The summed E-state index contributed by atoms with van der Waals surface area (Å²) in [6.07, 6.45) is 4.50. The maximum absolute atomic E-state index is 4.49. The van der Waals surface area contributed by atoms with E-state index in [1.165, 1.54) is 0 Å². The van der Waals surface area contributed by atoms with Gasteiger partial charge < -0.3 is 0 Å². The number of hydrogen-bond donors (Lipinski definition) is 0. The number of hydrogen-bond acceptors (Lipinski definition) is 3. The molecule has 0 aromatic carbocycles. The lowest BCUT2D eigenvalue weighted by molar-refractivity contribution is 0.627. The molecule has 0 fully saturated rings. The minimum absolute atomic E-state index is 0.621. The molecule has 0 saturated heterocycles. The third kappa shape index (κ3) is 2.45. The quantitative estimate of drug-likeness (QED) is 0.789. The Morgan fingerprint density at radius 3 is 2.81 bits per heavy atom. The zero-order valence-electron chi connectivity index (χ0n) is 9.88. The average molecular weight is 216 g/mol. The summed E-state index contributed by atoms with van der Waals surface area (Å²) in [7, 11) is 0. The van der Waals surface area contributed by atoms with Gasteiger partial charge in [0.2, 0.25) is 0 Å². The first kappa shape index (κ1) is 10.8. The topological polar surface area (TPSA) is 43.6 Å². The highest BCUT2D eigenvalue weighted by Gasteiger charge is 2.04. The summed E-state index contributed by atoms with van der Waals surface area (Å²) < 4.78 is 1.80. The molecule has 0 aliphatic carbocycles. The minimum Gasteiger partial charge on any atom is -0.242 e. The summed E-state index contributed by atoms with van der Waals surface area (Å²) in [4.78, 5) is 8.26. The van der Waals surface area contributed by atoms with Gasteiger partial charge in [-0.3, -0.25) is 0 Å². The standard InChI is InChI=1S/C12H16N4/c1-9(2)6-11-4-5-16(15-11)12-7-10(3)13-8-14-12/h4-5,7-9H,6H2,1-3H3. The molecule has 0 spiro atoms. The fourth-order valence-electron chi connectivity index (χ4n) is 1.58. The molecular formula is C12H16N4. The van der Waals surface area contributed by atoms with E-state index in [0.29, 0.717) is 5.92 Å². The van der Waals surface area contributed by atoms with Crippen molar-refractivity contribution in [2.24, 2.45) is 5.92 Å². The van der Waals surface area contributed by atoms with Gasteiger partial charge in [-0.15, -0.1) is 0 Å². The van der Waals surface area contributed by atoms with Crippen LogP contribution in [0.2, 0.25) is 0 Å². The molecule has 0 unspecified atom stereocenters. The van der Waals surface area contributed by atoms with E-state index in [9.17, 15) is 0 Å². The van der Waals surface area contributed by atoms with Crippen LogP contribution in [0.5, 0.6) is 0 Å². The van der Waals surface area contributed by atoms with Crippen LogP contribution in [0.4, 0.5) is 0 Å². The number of rotatable bonds is 3.